The van der Waals surface area contributed by atoms with Crippen molar-refractivity contribution >= 4 is 34.9 Å². The highest BCUT2D eigenvalue weighted by atomic mass is 32.1. The molecule has 1 heterocycles. The van der Waals surface area contributed by atoms with Gasteiger partial charge in [-0.2, -0.15) is 0 Å². The number of carbonyl (C=O) groups excluding carboxylic acids is 3. The number of nitrogens with one attached hydrogen (secondary N) is 1. The molecule has 0 aliphatic heterocycles. The molecule has 1 aromatic carbocycles. The Morgan fingerprint density at radius 3 is 2.28 bits per heavy atom. The van der Waals surface area contributed by atoms with Gasteiger partial charge in [-0.1, -0.05) is 0 Å². The maximum absolute atomic E-state index is 12.0. The third-order valence-corrected chi connectivity index (χ3v) is 4.24. The number of benzene rings is 1. The van der Waals surface area contributed by atoms with E-state index in [4.69, 9.17) is 9.47 Å². The molecular formula is C18H19NO5S. The topological polar surface area (TPSA) is 81.7 Å². The first kappa shape index (κ1) is 18.7. The third-order valence-electron chi connectivity index (χ3n) is 3.28. The van der Waals surface area contributed by atoms with Gasteiger partial charge in [-0.25, -0.2) is 9.59 Å². The van der Waals surface area contributed by atoms with Crippen molar-refractivity contribution in [3.63, 3.8) is 0 Å². The Morgan fingerprint density at radius 1 is 1.04 bits per heavy atom. The van der Waals surface area contributed by atoms with Gasteiger partial charge < -0.3 is 14.8 Å². The first-order valence-electron chi connectivity index (χ1n) is 7.72. The van der Waals surface area contributed by atoms with E-state index in [1.54, 1.807) is 37.3 Å². The highest BCUT2D eigenvalue weighted by Gasteiger charge is 2.15. The second-order valence-electron chi connectivity index (χ2n) is 5.25. The molecule has 132 valence electrons. The van der Waals surface area contributed by atoms with Gasteiger partial charge in [-0.05, 0) is 51.1 Å². The predicted octanol–water partition coefficient (Wildman–Crippen LogP) is 3.34. The highest BCUT2D eigenvalue weighted by Crippen LogP contribution is 2.21. The lowest BCUT2D eigenvalue weighted by Crippen LogP contribution is -2.21. The van der Waals surface area contributed by atoms with E-state index in [2.05, 4.69) is 5.32 Å². The van der Waals surface area contributed by atoms with Crippen molar-refractivity contribution < 1.29 is 23.9 Å². The first-order valence-corrected chi connectivity index (χ1v) is 8.53. The minimum Gasteiger partial charge on any atom is -0.462 e. The molecule has 1 N–H and O–H groups in total. The van der Waals surface area contributed by atoms with Crippen LogP contribution >= 0.6 is 11.3 Å². The summed E-state index contributed by atoms with van der Waals surface area (Å²) in [5.74, 6) is -1.40. The number of esters is 2. The zero-order valence-electron chi connectivity index (χ0n) is 14.3. The monoisotopic (exact) mass is 361 g/mol. The Morgan fingerprint density at radius 2 is 1.72 bits per heavy atom. The van der Waals surface area contributed by atoms with E-state index >= 15 is 0 Å². The summed E-state index contributed by atoms with van der Waals surface area (Å²) in [5.41, 5.74) is 1.38. The molecule has 0 radical (unpaired) electrons. The molecule has 6 nitrogen and oxygen atoms in total. The van der Waals surface area contributed by atoms with Gasteiger partial charge in [0.25, 0.3) is 5.91 Å². The first-order chi connectivity index (χ1) is 11.9. The molecule has 0 aliphatic carbocycles. The molecule has 7 heteroatoms. The summed E-state index contributed by atoms with van der Waals surface area (Å²) in [6.07, 6.45) is 0. The average molecular weight is 361 g/mol. The number of amides is 1. The molecule has 0 unspecified atom stereocenters. The van der Waals surface area contributed by atoms with Crippen LogP contribution in [0, 0.1) is 13.8 Å². The summed E-state index contributed by atoms with van der Waals surface area (Å²) < 4.78 is 9.92. The zero-order chi connectivity index (χ0) is 18.4. The van der Waals surface area contributed by atoms with Crippen molar-refractivity contribution in [1.29, 1.82) is 0 Å². The molecule has 0 fully saturated rings. The van der Waals surface area contributed by atoms with Crippen molar-refractivity contribution in [1.82, 2.24) is 0 Å². The molecule has 1 aromatic heterocycles. The minimum absolute atomic E-state index is 0.297. The second-order valence-corrected chi connectivity index (χ2v) is 6.71. The molecule has 0 aliphatic rings. The minimum atomic E-state index is -0.519. The molecule has 0 bridgehead atoms. The van der Waals surface area contributed by atoms with E-state index < -0.39 is 17.8 Å². The zero-order valence-corrected chi connectivity index (χ0v) is 15.1. The summed E-state index contributed by atoms with van der Waals surface area (Å²) in [4.78, 5) is 37.3. The molecule has 2 rings (SSSR count). The van der Waals surface area contributed by atoms with Crippen molar-refractivity contribution in [3.05, 3.63) is 51.2 Å². The Labute approximate surface area is 149 Å². The van der Waals surface area contributed by atoms with Crippen LogP contribution in [0.25, 0.3) is 0 Å². The number of hydrogen-bond donors (Lipinski definition) is 1. The number of aryl methyl sites for hydroxylation is 2. The van der Waals surface area contributed by atoms with Crippen molar-refractivity contribution in [2.45, 2.75) is 20.8 Å². The molecule has 2 aromatic rings. The van der Waals surface area contributed by atoms with Crippen LogP contribution in [0.2, 0.25) is 0 Å². The smallest absolute Gasteiger partial charge is 0.339 e. The largest absolute Gasteiger partial charge is 0.462 e. The lowest BCUT2D eigenvalue weighted by atomic mass is 10.2. The molecular weight excluding hydrogens is 342 g/mol. The van der Waals surface area contributed by atoms with Crippen molar-refractivity contribution in [3.8, 4) is 0 Å². The molecule has 1 amide bonds. The van der Waals surface area contributed by atoms with Crippen LogP contribution in [0.5, 0.6) is 0 Å². The Kier molecular flexibility index (Phi) is 6.30. The summed E-state index contributed by atoms with van der Waals surface area (Å²) in [5, 5.41) is 2.60. The molecule has 0 atom stereocenters. The lowest BCUT2D eigenvalue weighted by Gasteiger charge is -2.07. The molecule has 0 saturated carbocycles. The van der Waals surface area contributed by atoms with Crippen LogP contribution in [-0.2, 0) is 14.3 Å². The maximum Gasteiger partial charge on any atom is 0.339 e. The van der Waals surface area contributed by atoms with Crippen LogP contribution in [0.1, 0.15) is 37.4 Å². The fourth-order valence-corrected chi connectivity index (χ4v) is 3.06. The van der Waals surface area contributed by atoms with E-state index in [-0.39, 0.29) is 6.61 Å². The van der Waals surface area contributed by atoms with Crippen molar-refractivity contribution in [2.24, 2.45) is 0 Å². The Balaban J connectivity index is 1.87. The standard InChI is InChI=1S/C18H19NO5S/c1-4-23-17(21)13-5-7-14(8-6-13)19-16(20)10-24-18(22)15-9-11(2)25-12(15)3/h5-9H,4,10H2,1-3H3,(H,19,20). The van der Waals surface area contributed by atoms with E-state index in [1.165, 1.54) is 11.3 Å². The van der Waals surface area contributed by atoms with Crippen LogP contribution < -0.4 is 5.32 Å². The second kappa shape index (κ2) is 8.43. The number of carbonyl (C=O) groups is 3. The van der Waals surface area contributed by atoms with Gasteiger partial charge in [-0.3, -0.25) is 4.79 Å². The van der Waals surface area contributed by atoms with Gasteiger partial charge in [0.05, 0.1) is 17.7 Å². The van der Waals surface area contributed by atoms with Gasteiger partial charge in [0, 0.05) is 15.4 Å². The number of ether oxygens (including phenoxy) is 2. The van der Waals surface area contributed by atoms with Gasteiger partial charge in [0.1, 0.15) is 0 Å². The Bertz CT molecular complexity index is 779. The summed E-state index contributed by atoms with van der Waals surface area (Å²) in [7, 11) is 0. The number of rotatable bonds is 6. The van der Waals surface area contributed by atoms with Crippen LogP contribution in [-0.4, -0.2) is 31.1 Å². The fraction of sp³-hybridized carbons (Fsp3) is 0.278. The molecule has 0 spiro atoms. The van der Waals surface area contributed by atoms with Crippen LogP contribution in [0.3, 0.4) is 0 Å². The molecule has 0 saturated heterocycles. The quantitative estimate of drug-likeness (QED) is 0.798. The Hall–Kier alpha value is -2.67. The van der Waals surface area contributed by atoms with E-state index in [0.717, 1.165) is 9.75 Å². The summed E-state index contributed by atoms with van der Waals surface area (Å²) in [6, 6.07) is 8.01. The summed E-state index contributed by atoms with van der Waals surface area (Å²) >= 11 is 1.50. The van der Waals surface area contributed by atoms with Crippen molar-refractivity contribution in [2.75, 3.05) is 18.5 Å². The van der Waals surface area contributed by atoms with Crippen LogP contribution in [0.4, 0.5) is 5.69 Å². The van der Waals surface area contributed by atoms with Gasteiger partial charge in [0.2, 0.25) is 0 Å². The number of anilines is 1. The summed E-state index contributed by atoms with van der Waals surface area (Å²) in [6.45, 7) is 5.38. The van der Waals surface area contributed by atoms with E-state index in [0.29, 0.717) is 23.4 Å². The van der Waals surface area contributed by atoms with Gasteiger partial charge >= 0.3 is 11.9 Å². The van der Waals surface area contributed by atoms with Gasteiger partial charge in [0.15, 0.2) is 6.61 Å². The third kappa shape index (κ3) is 5.15. The van der Waals surface area contributed by atoms with Gasteiger partial charge in [-0.15, -0.1) is 11.3 Å². The molecule has 25 heavy (non-hydrogen) atoms. The van der Waals surface area contributed by atoms with Crippen LogP contribution in [0.15, 0.2) is 30.3 Å². The highest BCUT2D eigenvalue weighted by molar-refractivity contribution is 7.12. The SMILES string of the molecule is CCOC(=O)c1ccc(NC(=O)COC(=O)c2cc(C)sc2C)cc1. The lowest BCUT2D eigenvalue weighted by molar-refractivity contribution is -0.119. The van der Waals surface area contributed by atoms with E-state index in [1.807, 2.05) is 13.8 Å². The number of thiophene rings is 1. The predicted molar refractivity (Wildman–Crippen MR) is 95.1 cm³/mol. The maximum atomic E-state index is 12.0. The normalized spacial score (nSPS) is 10.2. The number of hydrogen-bond acceptors (Lipinski definition) is 6. The van der Waals surface area contributed by atoms with E-state index in [9.17, 15) is 14.4 Å². The average Bonchev–Trinajstić information content (AvgIpc) is 2.92. The fourth-order valence-electron chi connectivity index (χ4n) is 2.14.